The summed E-state index contributed by atoms with van der Waals surface area (Å²) in [6.45, 7) is 0. The lowest BCUT2D eigenvalue weighted by Gasteiger charge is -2.21. The SMILES string of the molecule is CS(=O)(=O)c1cccc(N([O-])O)c1. The van der Waals surface area contributed by atoms with E-state index in [0.717, 1.165) is 12.3 Å². The molecule has 1 N–H and O–H groups in total. The van der Waals surface area contributed by atoms with Crippen molar-refractivity contribution in [2.75, 3.05) is 11.5 Å². The first-order valence-corrected chi connectivity index (χ1v) is 5.26. The van der Waals surface area contributed by atoms with Gasteiger partial charge < -0.3 is 10.4 Å². The topological polar surface area (TPSA) is 80.7 Å². The highest BCUT2D eigenvalue weighted by Crippen LogP contribution is 2.17. The highest BCUT2D eigenvalue weighted by Gasteiger charge is 2.06. The smallest absolute Gasteiger partial charge is 0.175 e. The van der Waals surface area contributed by atoms with Crippen molar-refractivity contribution in [2.24, 2.45) is 0 Å². The van der Waals surface area contributed by atoms with Crippen molar-refractivity contribution >= 4 is 15.5 Å². The lowest BCUT2D eigenvalue weighted by molar-refractivity contribution is 0.296. The van der Waals surface area contributed by atoms with Crippen LogP contribution in [-0.2, 0) is 9.84 Å². The molecule has 0 aliphatic carbocycles. The van der Waals surface area contributed by atoms with Crippen molar-refractivity contribution in [2.45, 2.75) is 4.90 Å². The molecule has 0 saturated carbocycles. The number of sulfone groups is 1. The maximum atomic E-state index is 11.0. The van der Waals surface area contributed by atoms with Crippen LogP contribution in [0, 0.1) is 5.21 Å². The van der Waals surface area contributed by atoms with E-state index in [-0.39, 0.29) is 15.8 Å². The summed E-state index contributed by atoms with van der Waals surface area (Å²) in [5.74, 6) is 0. The van der Waals surface area contributed by atoms with Crippen molar-refractivity contribution < 1.29 is 13.6 Å². The van der Waals surface area contributed by atoms with Crippen molar-refractivity contribution in [3.63, 3.8) is 0 Å². The Kier molecular flexibility index (Phi) is 2.55. The zero-order valence-electron chi connectivity index (χ0n) is 6.84. The maximum absolute atomic E-state index is 11.0. The van der Waals surface area contributed by atoms with Crippen molar-refractivity contribution in [1.29, 1.82) is 0 Å². The van der Waals surface area contributed by atoms with Gasteiger partial charge in [-0.2, -0.15) is 0 Å². The van der Waals surface area contributed by atoms with Crippen LogP contribution in [0.25, 0.3) is 0 Å². The van der Waals surface area contributed by atoms with Crippen molar-refractivity contribution in [3.8, 4) is 0 Å². The molecule has 0 saturated heterocycles. The monoisotopic (exact) mass is 202 g/mol. The Morgan fingerprint density at radius 2 is 2.08 bits per heavy atom. The predicted molar refractivity (Wildman–Crippen MR) is 47.2 cm³/mol. The zero-order valence-corrected chi connectivity index (χ0v) is 7.65. The molecule has 1 aromatic carbocycles. The maximum Gasteiger partial charge on any atom is 0.175 e. The van der Waals surface area contributed by atoms with E-state index in [0.29, 0.717) is 0 Å². The van der Waals surface area contributed by atoms with Crippen LogP contribution in [0.1, 0.15) is 0 Å². The van der Waals surface area contributed by atoms with Crippen LogP contribution in [-0.4, -0.2) is 19.9 Å². The molecule has 6 heteroatoms. The average Bonchev–Trinajstić information content (AvgIpc) is 2.03. The van der Waals surface area contributed by atoms with Crippen LogP contribution in [0.5, 0.6) is 0 Å². The number of nitrogens with zero attached hydrogens (tertiary/aromatic N) is 1. The Bertz CT molecular complexity index is 399. The molecule has 5 nitrogen and oxygen atoms in total. The molecule has 0 aromatic heterocycles. The summed E-state index contributed by atoms with van der Waals surface area (Å²) >= 11 is 0. The third kappa shape index (κ3) is 2.41. The Hall–Kier alpha value is -1.11. The summed E-state index contributed by atoms with van der Waals surface area (Å²) in [6, 6.07) is 5.14. The minimum atomic E-state index is -3.34. The second kappa shape index (κ2) is 3.33. The van der Waals surface area contributed by atoms with Gasteiger partial charge >= 0.3 is 0 Å². The number of hydrogen-bond acceptors (Lipinski definition) is 5. The van der Waals surface area contributed by atoms with Crippen LogP contribution in [0.15, 0.2) is 29.2 Å². The molecule has 1 aromatic rings. The van der Waals surface area contributed by atoms with E-state index in [9.17, 15) is 13.6 Å². The van der Waals surface area contributed by atoms with Gasteiger partial charge in [-0.05, 0) is 18.2 Å². The third-order valence-electron chi connectivity index (χ3n) is 1.47. The van der Waals surface area contributed by atoms with Crippen LogP contribution in [0.4, 0.5) is 5.69 Å². The van der Waals surface area contributed by atoms with Crippen molar-refractivity contribution in [1.82, 2.24) is 0 Å². The third-order valence-corrected chi connectivity index (χ3v) is 2.58. The molecule has 0 atom stereocenters. The van der Waals surface area contributed by atoms with E-state index in [2.05, 4.69) is 0 Å². The number of rotatable bonds is 2. The van der Waals surface area contributed by atoms with E-state index in [1.807, 2.05) is 0 Å². The summed E-state index contributed by atoms with van der Waals surface area (Å²) < 4.78 is 22.0. The van der Waals surface area contributed by atoms with Crippen LogP contribution >= 0.6 is 0 Å². The van der Waals surface area contributed by atoms with Crippen LogP contribution in [0.2, 0.25) is 0 Å². The standard InChI is InChI=1S/C7H8NO4S/c1-13(11,12)7-4-2-3-6(5-7)8(9)10/h2-5,9H,1H3/q-1. The minimum absolute atomic E-state index is 0.0000926. The Morgan fingerprint density at radius 3 is 2.54 bits per heavy atom. The van der Waals surface area contributed by atoms with Gasteiger partial charge in [-0.15, -0.1) is 0 Å². The highest BCUT2D eigenvalue weighted by molar-refractivity contribution is 7.90. The molecule has 0 amide bonds. The molecule has 0 aliphatic rings. The second-order valence-corrected chi connectivity index (χ2v) is 4.56. The van der Waals surface area contributed by atoms with Gasteiger partial charge in [0.25, 0.3) is 0 Å². The molecule has 0 aliphatic heterocycles. The Labute approximate surface area is 75.7 Å². The van der Waals surface area contributed by atoms with Crippen LogP contribution in [0.3, 0.4) is 0 Å². The number of hydrogen-bond donors (Lipinski definition) is 1. The van der Waals surface area contributed by atoms with E-state index in [1.165, 1.54) is 18.2 Å². The summed E-state index contributed by atoms with van der Waals surface area (Å²) in [7, 11) is -3.34. The number of benzene rings is 1. The van der Waals surface area contributed by atoms with E-state index in [4.69, 9.17) is 5.21 Å². The fourth-order valence-corrected chi connectivity index (χ4v) is 1.49. The van der Waals surface area contributed by atoms with Gasteiger partial charge in [0.05, 0.1) is 10.6 Å². The molecule has 1 rings (SSSR count). The summed E-state index contributed by atoms with van der Waals surface area (Å²) in [5.41, 5.74) is -0.108. The molecular formula is C7H8NO4S-. The quantitative estimate of drug-likeness (QED) is 0.717. The van der Waals surface area contributed by atoms with Gasteiger partial charge in [0.1, 0.15) is 0 Å². The summed E-state index contributed by atoms with van der Waals surface area (Å²) in [4.78, 5) is -0.0000926. The van der Waals surface area contributed by atoms with Gasteiger partial charge in [0.15, 0.2) is 9.84 Å². The summed E-state index contributed by atoms with van der Waals surface area (Å²) in [6.07, 6.45) is 1.03. The zero-order chi connectivity index (χ0) is 10.1. The van der Waals surface area contributed by atoms with Gasteiger partial charge in [-0.1, -0.05) is 6.07 Å². The first kappa shape index (κ1) is 9.97. The van der Waals surface area contributed by atoms with Gasteiger partial charge in [0, 0.05) is 6.26 Å². The lowest BCUT2D eigenvalue weighted by Crippen LogP contribution is -2.08. The number of anilines is 1. The van der Waals surface area contributed by atoms with E-state index >= 15 is 0 Å². The normalized spacial score (nSPS) is 11.3. The largest absolute Gasteiger partial charge is 0.733 e. The molecule has 13 heavy (non-hydrogen) atoms. The van der Waals surface area contributed by atoms with Crippen molar-refractivity contribution in [3.05, 3.63) is 29.5 Å². The van der Waals surface area contributed by atoms with Crippen LogP contribution < -0.4 is 5.23 Å². The van der Waals surface area contributed by atoms with Gasteiger partial charge in [-0.25, -0.2) is 8.42 Å². The second-order valence-electron chi connectivity index (χ2n) is 2.54. The molecule has 0 fully saturated rings. The predicted octanol–water partition coefficient (Wildman–Crippen LogP) is 0.784. The summed E-state index contributed by atoms with van der Waals surface area (Å²) in [5, 5.41) is 18.5. The molecule has 0 heterocycles. The molecule has 0 spiro atoms. The Morgan fingerprint density at radius 1 is 1.46 bits per heavy atom. The molecular weight excluding hydrogens is 194 g/mol. The first-order valence-electron chi connectivity index (χ1n) is 3.37. The Balaban J connectivity index is 3.21. The average molecular weight is 202 g/mol. The molecule has 0 unspecified atom stereocenters. The highest BCUT2D eigenvalue weighted by atomic mass is 32.2. The fourth-order valence-electron chi connectivity index (χ4n) is 0.833. The molecule has 72 valence electrons. The van der Waals surface area contributed by atoms with E-state index < -0.39 is 9.84 Å². The van der Waals surface area contributed by atoms with Gasteiger partial charge in [-0.3, -0.25) is 5.21 Å². The van der Waals surface area contributed by atoms with E-state index in [1.54, 1.807) is 0 Å². The lowest BCUT2D eigenvalue weighted by atomic mass is 10.3. The van der Waals surface area contributed by atoms with Gasteiger partial charge in [0.2, 0.25) is 0 Å². The first-order chi connectivity index (χ1) is 5.91. The minimum Gasteiger partial charge on any atom is -0.733 e. The molecule has 0 bridgehead atoms. The fraction of sp³-hybridized carbons (Fsp3) is 0.143. The molecule has 0 radical (unpaired) electrons.